The second-order valence-electron chi connectivity index (χ2n) is 5.68. The molecule has 144 valence electrons. The van der Waals surface area contributed by atoms with Crippen LogP contribution in [0, 0.1) is 0 Å². The van der Waals surface area contributed by atoms with Crippen LogP contribution >= 0.6 is 23.6 Å². The van der Waals surface area contributed by atoms with E-state index in [1.165, 1.54) is 12.1 Å². The highest BCUT2D eigenvalue weighted by Gasteiger charge is 2.30. The zero-order chi connectivity index (χ0) is 19.3. The van der Waals surface area contributed by atoms with Crippen molar-refractivity contribution in [1.29, 1.82) is 0 Å². The molecule has 0 bridgehead atoms. The summed E-state index contributed by atoms with van der Waals surface area (Å²) >= 11 is 6.65. The Balaban J connectivity index is 1.52. The number of benzene rings is 1. The van der Waals surface area contributed by atoms with Gasteiger partial charge >= 0.3 is 6.18 Å². The first-order valence-electron chi connectivity index (χ1n) is 8.12. The number of ether oxygens (including phenoxy) is 1. The van der Waals surface area contributed by atoms with Gasteiger partial charge in [-0.2, -0.15) is 18.3 Å². The molecule has 10 heteroatoms. The van der Waals surface area contributed by atoms with Crippen molar-refractivity contribution < 1.29 is 17.9 Å². The molecule has 0 atom stereocenters. The van der Waals surface area contributed by atoms with E-state index in [9.17, 15) is 13.2 Å². The normalized spacial score (nSPS) is 15.1. The molecule has 1 saturated heterocycles. The molecule has 2 heterocycles. The number of nitrogens with one attached hydrogen (secondary N) is 2. The van der Waals surface area contributed by atoms with Gasteiger partial charge in [-0.25, -0.2) is 0 Å². The van der Waals surface area contributed by atoms with Crippen molar-refractivity contribution in [1.82, 2.24) is 5.43 Å². The Kier molecular flexibility index (Phi) is 6.30. The third-order valence-electron chi connectivity index (χ3n) is 3.74. The van der Waals surface area contributed by atoms with Gasteiger partial charge in [-0.3, -0.25) is 5.43 Å². The van der Waals surface area contributed by atoms with E-state index in [4.69, 9.17) is 17.0 Å². The summed E-state index contributed by atoms with van der Waals surface area (Å²) in [7, 11) is 0. The second kappa shape index (κ2) is 8.68. The molecule has 0 spiro atoms. The van der Waals surface area contributed by atoms with Gasteiger partial charge < -0.3 is 15.0 Å². The predicted octanol–water partition coefficient (Wildman–Crippen LogP) is 3.92. The lowest BCUT2D eigenvalue weighted by Gasteiger charge is -2.27. The van der Waals surface area contributed by atoms with Crippen LogP contribution in [0.15, 0.2) is 41.5 Å². The minimum absolute atomic E-state index is 0.107. The van der Waals surface area contributed by atoms with Crippen LogP contribution < -0.4 is 15.6 Å². The van der Waals surface area contributed by atoms with Gasteiger partial charge in [0.2, 0.25) is 0 Å². The zero-order valence-electron chi connectivity index (χ0n) is 14.1. The van der Waals surface area contributed by atoms with Crippen LogP contribution in [0.5, 0.6) is 0 Å². The molecule has 0 saturated carbocycles. The molecule has 0 unspecified atom stereocenters. The van der Waals surface area contributed by atoms with Gasteiger partial charge in [0, 0.05) is 23.7 Å². The quantitative estimate of drug-likeness (QED) is 0.451. The van der Waals surface area contributed by atoms with Gasteiger partial charge in [-0.15, -0.1) is 11.3 Å². The molecule has 5 nitrogen and oxygen atoms in total. The average Bonchev–Trinajstić information content (AvgIpc) is 3.11. The Morgan fingerprint density at radius 2 is 2.00 bits per heavy atom. The lowest BCUT2D eigenvalue weighted by molar-refractivity contribution is -0.137. The Bertz CT molecular complexity index is 817. The molecule has 2 aromatic rings. The summed E-state index contributed by atoms with van der Waals surface area (Å²) in [5.41, 5.74) is 2.10. The van der Waals surface area contributed by atoms with Gasteiger partial charge in [0.25, 0.3) is 0 Å². The number of thiocarbonyl (C=S) groups is 1. The molecule has 1 aliphatic heterocycles. The van der Waals surface area contributed by atoms with Crippen molar-refractivity contribution in [2.45, 2.75) is 6.18 Å². The van der Waals surface area contributed by atoms with Crippen LogP contribution in [0.1, 0.15) is 10.4 Å². The smallest absolute Gasteiger partial charge is 0.378 e. The standard InChI is InChI=1S/C17H17F3N4OS2/c18-17(19,20)12-2-1-3-13(10-12)22-16(26)23-21-11-14-4-5-15(27-14)24-6-8-25-9-7-24/h1-5,10-11H,6-9H2,(H2,22,23,26)/b21-11+. The van der Waals surface area contributed by atoms with Gasteiger partial charge in [-0.05, 0) is 42.5 Å². The Labute approximate surface area is 163 Å². The molecule has 3 rings (SSSR count). The lowest BCUT2D eigenvalue weighted by atomic mass is 10.2. The minimum Gasteiger partial charge on any atom is -0.378 e. The first-order valence-corrected chi connectivity index (χ1v) is 9.34. The first-order chi connectivity index (χ1) is 12.9. The van der Waals surface area contributed by atoms with Crippen molar-refractivity contribution in [3.8, 4) is 0 Å². The maximum Gasteiger partial charge on any atom is 0.416 e. The Morgan fingerprint density at radius 3 is 2.74 bits per heavy atom. The van der Waals surface area contributed by atoms with Crippen LogP contribution in [0.25, 0.3) is 0 Å². The van der Waals surface area contributed by atoms with E-state index in [0.29, 0.717) is 0 Å². The maximum atomic E-state index is 12.7. The van der Waals surface area contributed by atoms with E-state index in [2.05, 4.69) is 20.7 Å². The molecule has 0 radical (unpaired) electrons. The number of halogens is 3. The number of hydrogen-bond acceptors (Lipinski definition) is 5. The molecule has 0 aliphatic carbocycles. The van der Waals surface area contributed by atoms with E-state index in [-0.39, 0.29) is 10.8 Å². The third-order valence-corrected chi connectivity index (χ3v) is 5.01. The number of thiophene rings is 1. The second-order valence-corrected chi connectivity index (χ2v) is 7.18. The summed E-state index contributed by atoms with van der Waals surface area (Å²) in [5, 5.41) is 7.97. The SMILES string of the molecule is FC(F)(F)c1cccc(NC(=S)N/N=C/c2ccc(N3CCOCC3)s2)c1. The fraction of sp³-hybridized carbons (Fsp3) is 0.294. The van der Waals surface area contributed by atoms with E-state index in [1.807, 2.05) is 12.1 Å². The molecule has 0 amide bonds. The molecule has 1 aliphatic rings. The number of nitrogens with zero attached hydrogens (tertiary/aromatic N) is 2. The average molecular weight is 414 g/mol. The molecule has 1 aromatic carbocycles. The number of morpholine rings is 1. The monoisotopic (exact) mass is 414 g/mol. The number of hydrogen-bond donors (Lipinski definition) is 2. The van der Waals surface area contributed by atoms with Crippen LogP contribution in [-0.4, -0.2) is 37.6 Å². The van der Waals surface area contributed by atoms with Gasteiger partial charge in [0.15, 0.2) is 5.11 Å². The number of rotatable bonds is 4. The highest BCUT2D eigenvalue weighted by molar-refractivity contribution is 7.80. The molecular weight excluding hydrogens is 397 g/mol. The molecule has 1 aromatic heterocycles. The minimum atomic E-state index is -4.40. The van der Waals surface area contributed by atoms with E-state index in [1.54, 1.807) is 17.6 Å². The number of anilines is 2. The Morgan fingerprint density at radius 1 is 1.22 bits per heavy atom. The topological polar surface area (TPSA) is 48.9 Å². The summed E-state index contributed by atoms with van der Waals surface area (Å²) in [6.45, 7) is 3.16. The fourth-order valence-electron chi connectivity index (χ4n) is 2.45. The van der Waals surface area contributed by atoms with Crippen LogP contribution in [-0.2, 0) is 10.9 Å². The summed E-state index contributed by atoms with van der Waals surface area (Å²) in [6, 6.07) is 8.78. The largest absolute Gasteiger partial charge is 0.416 e. The van der Waals surface area contributed by atoms with Crippen LogP contribution in [0.2, 0.25) is 0 Å². The lowest BCUT2D eigenvalue weighted by Crippen LogP contribution is -2.35. The number of alkyl halides is 3. The molecule has 1 fully saturated rings. The molecular formula is C17H17F3N4OS2. The Hall–Kier alpha value is -2.17. The van der Waals surface area contributed by atoms with Crippen LogP contribution in [0.4, 0.5) is 23.9 Å². The summed E-state index contributed by atoms with van der Waals surface area (Å²) in [4.78, 5) is 3.18. The number of hydrazone groups is 1. The maximum absolute atomic E-state index is 12.7. The summed E-state index contributed by atoms with van der Waals surface area (Å²) < 4.78 is 43.5. The van der Waals surface area contributed by atoms with E-state index in [0.717, 1.165) is 48.3 Å². The molecule has 27 heavy (non-hydrogen) atoms. The highest BCUT2D eigenvalue weighted by atomic mass is 32.1. The summed E-state index contributed by atoms with van der Waals surface area (Å²) in [5.74, 6) is 0. The van der Waals surface area contributed by atoms with Gasteiger partial charge in [-0.1, -0.05) is 6.07 Å². The zero-order valence-corrected chi connectivity index (χ0v) is 15.8. The van der Waals surface area contributed by atoms with Crippen molar-refractivity contribution in [2.24, 2.45) is 5.10 Å². The van der Waals surface area contributed by atoms with Crippen molar-refractivity contribution in [2.75, 3.05) is 36.5 Å². The van der Waals surface area contributed by atoms with Gasteiger partial charge in [0.05, 0.1) is 30.0 Å². The van der Waals surface area contributed by atoms with Crippen LogP contribution in [0.3, 0.4) is 0 Å². The fourth-order valence-corrected chi connectivity index (χ4v) is 3.55. The van der Waals surface area contributed by atoms with Crippen molar-refractivity contribution in [3.63, 3.8) is 0 Å². The predicted molar refractivity (Wildman–Crippen MR) is 106 cm³/mol. The first kappa shape index (κ1) is 19.6. The highest BCUT2D eigenvalue weighted by Crippen LogP contribution is 2.30. The third kappa shape index (κ3) is 5.65. The van der Waals surface area contributed by atoms with E-state index < -0.39 is 11.7 Å². The van der Waals surface area contributed by atoms with Crippen molar-refractivity contribution >= 4 is 45.6 Å². The van der Waals surface area contributed by atoms with E-state index >= 15 is 0 Å². The van der Waals surface area contributed by atoms with Crippen molar-refractivity contribution in [3.05, 3.63) is 46.8 Å². The molecule has 2 N–H and O–H groups in total. The summed E-state index contributed by atoms with van der Waals surface area (Å²) in [6.07, 6.45) is -2.78. The van der Waals surface area contributed by atoms with Gasteiger partial charge in [0.1, 0.15) is 0 Å².